The van der Waals surface area contributed by atoms with Gasteiger partial charge < -0.3 is 5.11 Å². The van der Waals surface area contributed by atoms with Crippen LogP contribution < -0.4 is 0 Å². The molecule has 3 aromatic carbocycles. The molecule has 1 aliphatic rings. The van der Waals surface area contributed by atoms with Crippen LogP contribution in [0.25, 0.3) is 22.3 Å². The lowest BCUT2D eigenvalue weighted by atomic mass is 9.96. The van der Waals surface area contributed by atoms with Gasteiger partial charge in [0, 0.05) is 6.08 Å². The monoisotopic (exact) mass is 314 g/mol. The number of hydrogen-bond donors (Lipinski definition) is 1. The van der Waals surface area contributed by atoms with E-state index in [9.17, 15) is 4.79 Å². The van der Waals surface area contributed by atoms with E-state index in [1.165, 1.54) is 33.4 Å². The second-order valence-electron chi connectivity index (χ2n) is 5.57. The number of aliphatic carboxylic acids is 1. The minimum Gasteiger partial charge on any atom is -0.478 e. The summed E-state index contributed by atoms with van der Waals surface area (Å²) in [4.78, 5) is 9.25. The van der Waals surface area contributed by atoms with Gasteiger partial charge in [0.05, 0.1) is 0 Å². The molecular weight excluding hydrogens is 296 g/mol. The van der Waals surface area contributed by atoms with E-state index in [2.05, 4.69) is 79.4 Å². The summed E-state index contributed by atoms with van der Waals surface area (Å²) in [6, 6.07) is 26.1. The second-order valence-corrected chi connectivity index (χ2v) is 5.57. The fourth-order valence-electron chi connectivity index (χ4n) is 3.05. The van der Waals surface area contributed by atoms with Crippen LogP contribution in [0.5, 0.6) is 0 Å². The molecule has 0 aliphatic heterocycles. The Morgan fingerprint density at radius 3 is 2.12 bits per heavy atom. The maximum Gasteiger partial charge on any atom is 0.327 e. The zero-order valence-electron chi connectivity index (χ0n) is 13.3. The summed E-state index contributed by atoms with van der Waals surface area (Å²) in [6.45, 7) is 2.96. The summed E-state index contributed by atoms with van der Waals surface area (Å²) in [7, 11) is 0. The highest BCUT2D eigenvalue weighted by atomic mass is 16.4. The molecule has 2 nitrogen and oxygen atoms in total. The predicted octanol–water partition coefficient (Wildman–Crippen LogP) is 5.18. The summed E-state index contributed by atoms with van der Waals surface area (Å²) in [5.41, 5.74) is 8.39. The zero-order chi connectivity index (χ0) is 16.9. The molecule has 1 N–H and O–H groups in total. The van der Waals surface area contributed by atoms with Gasteiger partial charge in [-0.1, -0.05) is 79.4 Å². The average Bonchev–Trinajstić information content (AvgIpc) is 3.01. The summed E-state index contributed by atoms with van der Waals surface area (Å²) in [6.07, 6.45) is 1.89. The molecular formula is C22H18O2. The van der Waals surface area contributed by atoms with Gasteiger partial charge in [0.15, 0.2) is 0 Å². The molecule has 3 aromatic rings. The van der Waals surface area contributed by atoms with Crippen LogP contribution in [-0.4, -0.2) is 11.1 Å². The first-order valence-electron chi connectivity index (χ1n) is 7.81. The lowest BCUT2D eigenvalue weighted by Crippen LogP contribution is -1.87. The maximum atomic E-state index is 9.25. The molecule has 0 fully saturated rings. The Hall–Kier alpha value is -3.13. The second kappa shape index (κ2) is 6.97. The maximum absolute atomic E-state index is 9.25. The van der Waals surface area contributed by atoms with E-state index in [1.54, 1.807) is 0 Å². The Morgan fingerprint density at radius 1 is 0.833 bits per heavy atom. The van der Waals surface area contributed by atoms with Crippen LogP contribution in [0.2, 0.25) is 0 Å². The molecule has 2 heteroatoms. The summed E-state index contributed by atoms with van der Waals surface area (Å²) in [5, 5.41) is 7.60. The van der Waals surface area contributed by atoms with Gasteiger partial charge in [-0.05, 0) is 39.8 Å². The van der Waals surface area contributed by atoms with Crippen molar-refractivity contribution in [3.05, 3.63) is 96.6 Å². The van der Waals surface area contributed by atoms with E-state index in [0.29, 0.717) is 0 Å². The lowest BCUT2D eigenvalue weighted by Gasteiger charge is -2.08. The third-order valence-electron chi connectivity index (χ3n) is 4.11. The smallest absolute Gasteiger partial charge is 0.327 e. The number of carbonyl (C=O) groups is 1. The minimum absolute atomic E-state index is 0.833. The topological polar surface area (TPSA) is 37.3 Å². The van der Waals surface area contributed by atoms with Gasteiger partial charge in [0.25, 0.3) is 0 Å². The van der Waals surface area contributed by atoms with Crippen molar-refractivity contribution < 1.29 is 9.90 Å². The third-order valence-corrected chi connectivity index (χ3v) is 4.11. The molecule has 0 saturated heterocycles. The molecule has 1 aliphatic carbocycles. The van der Waals surface area contributed by atoms with Crippen LogP contribution in [-0.2, 0) is 11.2 Å². The molecule has 0 atom stereocenters. The Bertz CT molecular complexity index is 879. The number of fused-ring (bicyclic) bond motifs is 3. The van der Waals surface area contributed by atoms with Crippen LogP contribution in [0.1, 0.15) is 11.1 Å². The van der Waals surface area contributed by atoms with Crippen molar-refractivity contribution in [1.82, 2.24) is 0 Å². The molecule has 0 spiro atoms. The van der Waals surface area contributed by atoms with E-state index < -0.39 is 5.97 Å². The highest BCUT2D eigenvalue weighted by Crippen LogP contribution is 2.41. The standard InChI is InChI=1S/C19H14.C3H4O2/c1-2-7-14(8-3-1)16-11-6-12-18-17-10-5-4-9-15(17)13-19(16)18;1-2-3(4)5/h1-12H,13H2;2H,1H2,(H,4,5). The van der Waals surface area contributed by atoms with Gasteiger partial charge in [-0.2, -0.15) is 0 Å². The molecule has 0 heterocycles. The van der Waals surface area contributed by atoms with Crippen LogP contribution >= 0.6 is 0 Å². The third kappa shape index (κ3) is 3.13. The molecule has 0 bridgehead atoms. The van der Waals surface area contributed by atoms with Crippen LogP contribution in [0.4, 0.5) is 0 Å². The molecule has 0 aromatic heterocycles. The highest BCUT2D eigenvalue weighted by Gasteiger charge is 2.20. The molecule has 24 heavy (non-hydrogen) atoms. The van der Waals surface area contributed by atoms with Crippen LogP contribution in [0.3, 0.4) is 0 Å². The normalized spacial score (nSPS) is 10.8. The Morgan fingerprint density at radius 2 is 1.42 bits per heavy atom. The van der Waals surface area contributed by atoms with E-state index in [-0.39, 0.29) is 0 Å². The number of carboxylic acid groups (broad SMARTS) is 1. The average molecular weight is 314 g/mol. The zero-order valence-corrected chi connectivity index (χ0v) is 13.3. The van der Waals surface area contributed by atoms with Gasteiger partial charge in [-0.25, -0.2) is 4.79 Å². The van der Waals surface area contributed by atoms with Crippen molar-refractivity contribution >= 4 is 5.97 Å². The predicted molar refractivity (Wildman–Crippen MR) is 98.0 cm³/mol. The van der Waals surface area contributed by atoms with Gasteiger partial charge in [-0.3, -0.25) is 0 Å². The minimum atomic E-state index is -0.981. The lowest BCUT2D eigenvalue weighted by molar-refractivity contribution is -0.131. The van der Waals surface area contributed by atoms with Crippen molar-refractivity contribution in [2.45, 2.75) is 6.42 Å². The van der Waals surface area contributed by atoms with Crippen molar-refractivity contribution in [3.8, 4) is 22.3 Å². The fourth-order valence-corrected chi connectivity index (χ4v) is 3.05. The van der Waals surface area contributed by atoms with E-state index in [4.69, 9.17) is 5.11 Å². The van der Waals surface area contributed by atoms with E-state index >= 15 is 0 Å². The number of hydrogen-bond acceptors (Lipinski definition) is 1. The van der Waals surface area contributed by atoms with Gasteiger partial charge in [0.2, 0.25) is 0 Å². The fraction of sp³-hybridized carbons (Fsp3) is 0.0455. The van der Waals surface area contributed by atoms with Crippen LogP contribution in [0, 0.1) is 0 Å². The largest absolute Gasteiger partial charge is 0.478 e. The molecule has 118 valence electrons. The number of carboxylic acids is 1. The van der Waals surface area contributed by atoms with Gasteiger partial charge >= 0.3 is 5.97 Å². The molecule has 0 unspecified atom stereocenters. The summed E-state index contributed by atoms with van der Waals surface area (Å²) in [5.74, 6) is -0.981. The van der Waals surface area contributed by atoms with Crippen molar-refractivity contribution in [1.29, 1.82) is 0 Å². The molecule has 0 radical (unpaired) electrons. The Kier molecular flexibility index (Phi) is 4.57. The van der Waals surface area contributed by atoms with Crippen molar-refractivity contribution in [2.75, 3.05) is 0 Å². The molecule has 0 saturated carbocycles. The quantitative estimate of drug-likeness (QED) is 0.517. The Labute approximate surface area is 141 Å². The van der Waals surface area contributed by atoms with E-state index in [0.717, 1.165) is 12.5 Å². The number of benzene rings is 3. The Balaban J connectivity index is 0.000000300. The summed E-state index contributed by atoms with van der Waals surface area (Å²) < 4.78 is 0. The van der Waals surface area contributed by atoms with E-state index in [1.807, 2.05) is 0 Å². The van der Waals surface area contributed by atoms with Crippen molar-refractivity contribution in [3.63, 3.8) is 0 Å². The highest BCUT2D eigenvalue weighted by molar-refractivity contribution is 5.84. The van der Waals surface area contributed by atoms with Crippen LogP contribution in [0.15, 0.2) is 85.5 Å². The van der Waals surface area contributed by atoms with Gasteiger partial charge in [0.1, 0.15) is 0 Å². The summed E-state index contributed by atoms with van der Waals surface area (Å²) >= 11 is 0. The first-order chi connectivity index (χ1) is 11.7. The first kappa shape index (κ1) is 15.8. The first-order valence-corrected chi connectivity index (χ1v) is 7.81. The molecule has 4 rings (SSSR count). The van der Waals surface area contributed by atoms with Gasteiger partial charge in [-0.15, -0.1) is 0 Å². The SMILES string of the molecule is C=CC(=O)O.c1ccc(-c2cccc3c2Cc2ccccc2-3)cc1. The molecule has 0 amide bonds. The number of rotatable bonds is 2. The van der Waals surface area contributed by atoms with Crippen molar-refractivity contribution in [2.24, 2.45) is 0 Å².